The maximum atomic E-state index is 12.2. The Hall–Kier alpha value is -1.91. The Labute approximate surface area is 112 Å². The molecule has 1 saturated heterocycles. The number of hydrogen-bond donors (Lipinski definition) is 0. The highest BCUT2D eigenvalue weighted by Gasteiger charge is 2.34. The van der Waals surface area contributed by atoms with Crippen molar-refractivity contribution in [1.82, 2.24) is 9.88 Å². The second-order valence-electron chi connectivity index (χ2n) is 4.62. The fourth-order valence-corrected chi connectivity index (χ4v) is 2.39. The minimum absolute atomic E-state index is 0.0183. The van der Waals surface area contributed by atoms with Crippen LogP contribution in [-0.2, 0) is 20.7 Å². The number of pyridine rings is 1. The van der Waals surface area contributed by atoms with E-state index in [1.54, 1.807) is 17.3 Å². The lowest BCUT2D eigenvalue weighted by atomic mass is 10.1. The number of ether oxygens (including phenoxy) is 1. The zero-order valence-electron chi connectivity index (χ0n) is 11.0. The van der Waals surface area contributed by atoms with Crippen LogP contribution < -0.4 is 0 Å². The van der Waals surface area contributed by atoms with Gasteiger partial charge in [-0.15, -0.1) is 0 Å². The van der Waals surface area contributed by atoms with Crippen molar-refractivity contribution in [3.63, 3.8) is 0 Å². The lowest BCUT2D eigenvalue weighted by Crippen LogP contribution is -2.41. The molecule has 0 radical (unpaired) electrons. The molecule has 0 N–H and O–H groups in total. The van der Waals surface area contributed by atoms with Gasteiger partial charge in [0.1, 0.15) is 6.04 Å². The van der Waals surface area contributed by atoms with Gasteiger partial charge in [0.2, 0.25) is 5.91 Å². The van der Waals surface area contributed by atoms with Gasteiger partial charge >= 0.3 is 5.97 Å². The van der Waals surface area contributed by atoms with Gasteiger partial charge in [0, 0.05) is 25.4 Å². The number of carbonyl (C=O) groups is 2. The van der Waals surface area contributed by atoms with Crippen molar-refractivity contribution in [2.24, 2.45) is 0 Å². The summed E-state index contributed by atoms with van der Waals surface area (Å²) in [5.74, 6) is -0.292. The van der Waals surface area contributed by atoms with Gasteiger partial charge < -0.3 is 9.64 Å². The van der Waals surface area contributed by atoms with Crippen LogP contribution in [0, 0.1) is 0 Å². The minimum Gasteiger partial charge on any atom is -0.467 e. The monoisotopic (exact) mass is 262 g/mol. The second-order valence-corrected chi connectivity index (χ2v) is 4.62. The summed E-state index contributed by atoms with van der Waals surface area (Å²) in [6, 6.07) is 3.40. The third kappa shape index (κ3) is 3.30. The quantitative estimate of drug-likeness (QED) is 0.764. The summed E-state index contributed by atoms with van der Waals surface area (Å²) < 4.78 is 4.74. The summed E-state index contributed by atoms with van der Waals surface area (Å²) in [6.07, 6.45) is 6.08. The van der Waals surface area contributed by atoms with Crippen molar-refractivity contribution in [1.29, 1.82) is 0 Å². The lowest BCUT2D eigenvalue weighted by Gasteiger charge is -2.22. The summed E-state index contributed by atoms with van der Waals surface area (Å²) in [5.41, 5.74) is 1.08. The van der Waals surface area contributed by atoms with Crippen LogP contribution in [0.3, 0.4) is 0 Å². The van der Waals surface area contributed by atoms with E-state index in [0.29, 0.717) is 25.8 Å². The van der Waals surface area contributed by atoms with Crippen molar-refractivity contribution in [3.05, 3.63) is 30.1 Å². The molecule has 1 aromatic rings. The molecule has 1 aliphatic rings. The van der Waals surface area contributed by atoms with Crippen molar-refractivity contribution < 1.29 is 14.3 Å². The van der Waals surface area contributed by atoms with Crippen LogP contribution in [0.2, 0.25) is 0 Å². The number of aromatic nitrogens is 1. The van der Waals surface area contributed by atoms with E-state index < -0.39 is 6.04 Å². The molecule has 1 amide bonds. The average Bonchev–Trinajstić information content (AvgIpc) is 2.94. The van der Waals surface area contributed by atoms with Crippen LogP contribution in [0.25, 0.3) is 0 Å². The Kier molecular flexibility index (Phi) is 4.49. The third-order valence-electron chi connectivity index (χ3n) is 3.42. The maximum absolute atomic E-state index is 12.2. The van der Waals surface area contributed by atoms with E-state index >= 15 is 0 Å². The van der Waals surface area contributed by atoms with Crippen LogP contribution in [0.5, 0.6) is 0 Å². The number of nitrogens with zero attached hydrogens (tertiary/aromatic N) is 2. The molecule has 1 unspecified atom stereocenters. The molecule has 5 heteroatoms. The van der Waals surface area contributed by atoms with Crippen LogP contribution >= 0.6 is 0 Å². The molecule has 19 heavy (non-hydrogen) atoms. The van der Waals surface area contributed by atoms with E-state index in [1.165, 1.54) is 7.11 Å². The summed E-state index contributed by atoms with van der Waals surface area (Å²) in [7, 11) is 1.36. The smallest absolute Gasteiger partial charge is 0.328 e. The minimum atomic E-state index is -0.394. The predicted molar refractivity (Wildman–Crippen MR) is 69.3 cm³/mol. The van der Waals surface area contributed by atoms with Crippen LogP contribution in [0.4, 0.5) is 0 Å². The highest BCUT2D eigenvalue weighted by atomic mass is 16.5. The molecule has 0 bridgehead atoms. The first-order valence-electron chi connectivity index (χ1n) is 6.48. The third-order valence-corrected chi connectivity index (χ3v) is 3.42. The predicted octanol–water partition coefficient (Wildman–Crippen LogP) is 1.18. The molecule has 0 spiro atoms. The zero-order chi connectivity index (χ0) is 13.7. The lowest BCUT2D eigenvalue weighted by molar-refractivity contribution is -0.150. The fraction of sp³-hybridized carbons (Fsp3) is 0.500. The van der Waals surface area contributed by atoms with E-state index in [4.69, 9.17) is 4.74 Å². The van der Waals surface area contributed by atoms with E-state index in [9.17, 15) is 9.59 Å². The molecule has 5 nitrogen and oxygen atoms in total. The first-order valence-corrected chi connectivity index (χ1v) is 6.48. The molecule has 2 heterocycles. The number of carbonyl (C=O) groups excluding carboxylic acids is 2. The van der Waals surface area contributed by atoms with E-state index in [2.05, 4.69) is 4.98 Å². The number of hydrogen-bond acceptors (Lipinski definition) is 4. The molecule has 1 aliphatic heterocycles. The van der Waals surface area contributed by atoms with Gasteiger partial charge in [-0.1, -0.05) is 0 Å². The molecular weight excluding hydrogens is 244 g/mol. The summed E-state index contributed by atoms with van der Waals surface area (Å²) in [6.45, 7) is 0.648. The topological polar surface area (TPSA) is 59.5 Å². The summed E-state index contributed by atoms with van der Waals surface area (Å²) in [5, 5.41) is 0. The van der Waals surface area contributed by atoms with Crippen LogP contribution in [0.1, 0.15) is 24.8 Å². The molecule has 1 fully saturated rings. The van der Waals surface area contributed by atoms with Gasteiger partial charge in [0.05, 0.1) is 7.11 Å². The molecule has 0 aromatic carbocycles. The molecule has 1 atom stereocenters. The molecule has 0 saturated carbocycles. The Morgan fingerprint density at radius 3 is 2.84 bits per heavy atom. The number of methoxy groups -OCH3 is 1. The van der Waals surface area contributed by atoms with Gasteiger partial charge in [0.15, 0.2) is 0 Å². The highest BCUT2D eigenvalue weighted by Crippen LogP contribution is 2.19. The van der Waals surface area contributed by atoms with E-state index in [-0.39, 0.29) is 11.9 Å². The number of rotatable bonds is 4. The van der Waals surface area contributed by atoms with Crippen LogP contribution in [-0.4, -0.2) is 41.5 Å². The van der Waals surface area contributed by atoms with Crippen molar-refractivity contribution >= 4 is 11.9 Å². The van der Waals surface area contributed by atoms with Crippen molar-refractivity contribution in [3.8, 4) is 0 Å². The summed E-state index contributed by atoms with van der Waals surface area (Å²) >= 11 is 0. The Morgan fingerprint density at radius 1 is 1.42 bits per heavy atom. The molecule has 2 rings (SSSR count). The standard InChI is InChI=1S/C14H18N2O3/c1-19-14(18)12-3-2-10-16(12)13(17)5-4-11-6-8-15-9-7-11/h6-9,12H,2-5,10H2,1H3. The van der Waals surface area contributed by atoms with Crippen LogP contribution in [0.15, 0.2) is 24.5 Å². The zero-order valence-corrected chi connectivity index (χ0v) is 11.0. The van der Waals surface area contributed by atoms with E-state index in [1.807, 2.05) is 12.1 Å². The SMILES string of the molecule is COC(=O)C1CCCN1C(=O)CCc1ccncc1. The first kappa shape index (κ1) is 13.5. The molecule has 0 aliphatic carbocycles. The molecule has 102 valence electrons. The normalized spacial score (nSPS) is 18.4. The number of esters is 1. The van der Waals surface area contributed by atoms with Gasteiger partial charge in [-0.2, -0.15) is 0 Å². The molecular formula is C14H18N2O3. The molecule has 1 aromatic heterocycles. The Bertz CT molecular complexity index is 447. The number of likely N-dealkylation sites (tertiary alicyclic amines) is 1. The Morgan fingerprint density at radius 2 is 2.16 bits per heavy atom. The first-order chi connectivity index (χ1) is 9.22. The number of amides is 1. The summed E-state index contributed by atoms with van der Waals surface area (Å²) in [4.78, 5) is 29.3. The fourth-order valence-electron chi connectivity index (χ4n) is 2.39. The second kappa shape index (κ2) is 6.31. The van der Waals surface area contributed by atoms with Crippen molar-refractivity contribution in [2.45, 2.75) is 31.7 Å². The van der Waals surface area contributed by atoms with Gasteiger partial charge in [-0.25, -0.2) is 4.79 Å². The van der Waals surface area contributed by atoms with Crippen molar-refractivity contribution in [2.75, 3.05) is 13.7 Å². The largest absolute Gasteiger partial charge is 0.467 e. The number of aryl methyl sites for hydroxylation is 1. The Balaban J connectivity index is 1.90. The van der Waals surface area contributed by atoms with Gasteiger partial charge in [-0.3, -0.25) is 9.78 Å². The van der Waals surface area contributed by atoms with Gasteiger partial charge in [0.25, 0.3) is 0 Å². The maximum Gasteiger partial charge on any atom is 0.328 e. The van der Waals surface area contributed by atoms with E-state index in [0.717, 1.165) is 12.0 Å². The van der Waals surface area contributed by atoms with Gasteiger partial charge in [-0.05, 0) is 37.0 Å². The average molecular weight is 262 g/mol. The highest BCUT2D eigenvalue weighted by molar-refractivity contribution is 5.85.